The second kappa shape index (κ2) is 8.50. The Balaban J connectivity index is 1.69. The number of nitrogens with zero attached hydrogens (tertiary/aromatic N) is 2. The van der Waals surface area contributed by atoms with Gasteiger partial charge in [-0.2, -0.15) is 0 Å². The van der Waals surface area contributed by atoms with Crippen molar-refractivity contribution in [2.45, 2.75) is 32.8 Å². The highest BCUT2D eigenvalue weighted by Gasteiger charge is 2.35. The lowest BCUT2D eigenvalue weighted by atomic mass is 9.68. The van der Waals surface area contributed by atoms with Crippen molar-refractivity contribution in [3.8, 4) is 5.75 Å². The summed E-state index contributed by atoms with van der Waals surface area (Å²) in [4.78, 5) is 16.0. The Kier molecular flexibility index (Phi) is 5.74. The van der Waals surface area contributed by atoms with Crippen molar-refractivity contribution in [3.63, 3.8) is 0 Å². The van der Waals surface area contributed by atoms with Crippen LogP contribution >= 0.6 is 0 Å². The number of nitrogens with two attached hydrogens (primary N) is 1. The van der Waals surface area contributed by atoms with Crippen LogP contribution in [0.25, 0.3) is 10.9 Å². The summed E-state index contributed by atoms with van der Waals surface area (Å²) < 4.78 is 8.00. The number of hydrogen-bond acceptors (Lipinski definition) is 3. The molecule has 5 nitrogen and oxygen atoms in total. The van der Waals surface area contributed by atoms with Crippen LogP contribution in [-0.2, 0) is 19.1 Å². The molecule has 0 fully saturated rings. The summed E-state index contributed by atoms with van der Waals surface area (Å²) in [6, 6.07) is 19.8. The molecule has 0 spiro atoms. The van der Waals surface area contributed by atoms with Crippen molar-refractivity contribution in [1.82, 2.24) is 9.55 Å². The largest absolute Gasteiger partial charge is 0.487 e. The van der Waals surface area contributed by atoms with Crippen LogP contribution in [0.4, 0.5) is 0 Å². The van der Waals surface area contributed by atoms with Gasteiger partial charge in [0.15, 0.2) is 0 Å². The van der Waals surface area contributed by atoms with E-state index in [0.29, 0.717) is 18.1 Å². The number of rotatable bonds is 7. The Bertz CT molecular complexity index is 1240. The molecule has 4 rings (SSSR count). The highest BCUT2D eigenvalue weighted by Crippen LogP contribution is 2.43. The Morgan fingerprint density at radius 3 is 2.50 bits per heavy atom. The first-order valence-electron chi connectivity index (χ1n) is 10.8. The topological polar surface area (TPSA) is 70.1 Å². The molecule has 0 radical (unpaired) electrons. The minimum absolute atomic E-state index is 0.229. The highest BCUT2D eigenvalue weighted by molar-refractivity contribution is 5.98. The van der Waals surface area contributed by atoms with E-state index < -0.39 is 5.91 Å². The minimum atomic E-state index is -0.414. The van der Waals surface area contributed by atoms with Crippen molar-refractivity contribution in [1.29, 1.82) is 0 Å². The number of carbonyl (C=O) groups excluding carboxylic acids is 1. The zero-order valence-corrected chi connectivity index (χ0v) is 19.0. The number of fused-ring (bicyclic) bond motifs is 1. The average Bonchev–Trinajstić information content (AvgIpc) is 3.14. The molecule has 2 aromatic heterocycles. The first-order valence-corrected chi connectivity index (χ1v) is 10.8. The molecule has 1 unspecified atom stereocenters. The van der Waals surface area contributed by atoms with Crippen LogP contribution in [0, 0.1) is 5.92 Å². The molecule has 0 aliphatic carbocycles. The second-order valence-corrected chi connectivity index (χ2v) is 8.74. The van der Waals surface area contributed by atoms with Crippen molar-refractivity contribution in [3.05, 3.63) is 95.4 Å². The van der Waals surface area contributed by atoms with Crippen LogP contribution in [0.5, 0.6) is 5.75 Å². The lowest BCUT2D eigenvalue weighted by molar-refractivity contribution is 0.100. The Labute approximate surface area is 188 Å². The number of carbonyl (C=O) groups is 1. The Morgan fingerprint density at radius 1 is 1.12 bits per heavy atom. The van der Waals surface area contributed by atoms with Crippen molar-refractivity contribution < 1.29 is 9.53 Å². The maximum Gasteiger partial charge on any atom is 0.248 e. The summed E-state index contributed by atoms with van der Waals surface area (Å²) in [5.41, 5.74) is 10.1. The molecule has 0 aliphatic heterocycles. The molecule has 1 atom stereocenters. The molecule has 164 valence electrons. The van der Waals surface area contributed by atoms with Crippen LogP contribution in [0.2, 0.25) is 0 Å². The third kappa shape index (κ3) is 3.86. The average molecular weight is 428 g/mol. The number of aromatic nitrogens is 2. The molecule has 4 aromatic rings. The zero-order valence-electron chi connectivity index (χ0n) is 19.0. The quantitative estimate of drug-likeness (QED) is 0.440. The van der Waals surface area contributed by atoms with Gasteiger partial charge < -0.3 is 15.0 Å². The molecule has 5 heteroatoms. The maximum absolute atomic E-state index is 11.7. The number of amides is 1. The van der Waals surface area contributed by atoms with E-state index in [2.05, 4.69) is 48.7 Å². The van der Waals surface area contributed by atoms with Gasteiger partial charge in [0, 0.05) is 41.3 Å². The van der Waals surface area contributed by atoms with E-state index in [-0.39, 0.29) is 5.41 Å². The van der Waals surface area contributed by atoms with E-state index in [1.54, 1.807) is 6.20 Å². The van der Waals surface area contributed by atoms with Gasteiger partial charge in [0.25, 0.3) is 0 Å². The fourth-order valence-electron chi connectivity index (χ4n) is 4.29. The maximum atomic E-state index is 11.7. The molecular weight excluding hydrogens is 398 g/mol. The van der Waals surface area contributed by atoms with Gasteiger partial charge in [-0.05, 0) is 53.4 Å². The molecule has 0 bridgehead atoms. The number of aryl methyl sites for hydroxylation is 1. The van der Waals surface area contributed by atoms with Gasteiger partial charge in [0.05, 0.1) is 5.69 Å². The summed E-state index contributed by atoms with van der Waals surface area (Å²) in [6.07, 6.45) is 3.94. The van der Waals surface area contributed by atoms with E-state index in [0.717, 1.165) is 22.3 Å². The van der Waals surface area contributed by atoms with E-state index in [1.807, 2.05) is 55.6 Å². The van der Waals surface area contributed by atoms with E-state index in [4.69, 9.17) is 10.5 Å². The summed E-state index contributed by atoms with van der Waals surface area (Å²) in [7, 11) is 2.01. The first-order chi connectivity index (χ1) is 15.3. The number of hydrogen-bond donors (Lipinski definition) is 1. The van der Waals surface area contributed by atoms with Gasteiger partial charge in [0.2, 0.25) is 5.91 Å². The lowest BCUT2D eigenvalue weighted by Crippen LogP contribution is -2.30. The standard InChI is InChI=1S/C27H29N3O2/c1-18(2)27(3,24-16-30(4)25-15-19(26(28)31)8-13-23(24)25)20-9-11-22(12-10-20)32-17-21-7-5-6-14-29-21/h5-16,18H,17H2,1-4H3,(H2,28,31). The van der Waals surface area contributed by atoms with Crippen molar-refractivity contribution in [2.24, 2.45) is 18.7 Å². The third-order valence-electron chi connectivity index (χ3n) is 6.56. The number of pyridine rings is 1. The van der Waals surface area contributed by atoms with Crippen LogP contribution < -0.4 is 10.5 Å². The molecule has 2 aromatic carbocycles. The van der Waals surface area contributed by atoms with Gasteiger partial charge >= 0.3 is 0 Å². The lowest BCUT2D eigenvalue weighted by Gasteiger charge is -2.35. The third-order valence-corrected chi connectivity index (χ3v) is 6.56. The van der Waals surface area contributed by atoms with Crippen molar-refractivity contribution in [2.75, 3.05) is 0 Å². The monoisotopic (exact) mass is 427 g/mol. The molecule has 2 N–H and O–H groups in total. The van der Waals surface area contributed by atoms with E-state index in [9.17, 15) is 4.79 Å². The van der Waals surface area contributed by atoms with Gasteiger partial charge in [-0.1, -0.05) is 45.0 Å². The molecule has 32 heavy (non-hydrogen) atoms. The summed E-state index contributed by atoms with van der Waals surface area (Å²) in [5.74, 6) is 0.737. The van der Waals surface area contributed by atoms with Crippen LogP contribution in [0.3, 0.4) is 0 Å². The van der Waals surface area contributed by atoms with Crippen LogP contribution in [-0.4, -0.2) is 15.5 Å². The summed E-state index contributed by atoms with van der Waals surface area (Å²) in [6.45, 7) is 7.19. The highest BCUT2D eigenvalue weighted by atomic mass is 16.5. The SMILES string of the molecule is CC(C)C(C)(c1ccc(OCc2ccccn2)cc1)c1cn(C)c2cc(C(N)=O)ccc12. The molecule has 0 saturated carbocycles. The van der Waals surface area contributed by atoms with E-state index >= 15 is 0 Å². The first kappa shape index (κ1) is 21.6. The van der Waals surface area contributed by atoms with E-state index in [1.165, 1.54) is 11.1 Å². The molecular formula is C27H29N3O2. The molecule has 0 saturated heterocycles. The summed E-state index contributed by atoms with van der Waals surface area (Å²) in [5, 5.41) is 1.13. The van der Waals surface area contributed by atoms with Gasteiger partial charge in [-0.25, -0.2) is 0 Å². The fourth-order valence-corrected chi connectivity index (χ4v) is 4.29. The van der Waals surface area contributed by atoms with Gasteiger partial charge in [-0.3, -0.25) is 9.78 Å². The predicted molar refractivity (Wildman–Crippen MR) is 128 cm³/mol. The minimum Gasteiger partial charge on any atom is -0.487 e. The number of primary amides is 1. The normalized spacial score (nSPS) is 13.3. The molecule has 1 amide bonds. The van der Waals surface area contributed by atoms with Gasteiger partial charge in [-0.15, -0.1) is 0 Å². The fraction of sp³-hybridized carbons (Fsp3) is 0.259. The zero-order chi connectivity index (χ0) is 22.9. The number of benzene rings is 2. The van der Waals surface area contributed by atoms with Crippen molar-refractivity contribution >= 4 is 16.8 Å². The predicted octanol–water partition coefficient (Wildman–Crippen LogP) is 5.21. The number of ether oxygens (including phenoxy) is 1. The van der Waals surface area contributed by atoms with Crippen LogP contribution in [0.1, 0.15) is 48.0 Å². The Morgan fingerprint density at radius 2 is 1.88 bits per heavy atom. The molecule has 0 aliphatic rings. The van der Waals surface area contributed by atoms with Gasteiger partial charge in [0.1, 0.15) is 12.4 Å². The molecule has 2 heterocycles. The second-order valence-electron chi connectivity index (χ2n) is 8.74. The van der Waals surface area contributed by atoms with Crippen LogP contribution in [0.15, 0.2) is 73.1 Å². The smallest absolute Gasteiger partial charge is 0.248 e. The Hall–Kier alpha value is -3.60. The summed E-state index contributed by atoms with van der Waals surface area (Å²) >= 11 is 0.